The Morgan fingerprint density at radius 1 is 1.50 bits per heavy atom. The van der Waals surface area contributed by atoms with Gasteiger partial charge in [0.05, 0.1) is 11.7 Å². The molecule has 2 N–H and O–H groups in total. The van der Waals surface area contributed by atoms with E-state index in [4.69, 9.17) is 10.6 Å². The van der Waals surface area contributed by atoms with Crippen LogP contribution in [0.15, 0.2) is 24.3 Å². The lowest BCUT2D eigenvalue weighted by Crippen LogP contribution is -2.45. The van der Waals surface area contributed by atoms with Crippen molar-refractivity contribution in [3.05, 3.63) is 24.3 Å². The fourth-order valence-electron chi connectivity index (χ4n) is 1.32. The Morgan fingerprint density at radius 2 is 2.25 bits per heavy atom. The summed E-state index contributed by atoms with van der Waals surface area (Å²) in [5.41, 5.74) is 0.969. The molecule has 0 saturated carbocycles. The molecule has 3 heteroatoms. The Hall–Kier alpha value is -1.22. The van der Waals surface area contributed by atoms with E-state index < -0.39 is 0 Å². The average molecular weight is 164 g/mol. The first-order valence-electron chi connectivity index (χ1n) is 4.05. The van der Waals surface area contributed by atoms with Crippen LogP contribution < -0.4 is 15.6 Å². The molecule has 0 fully saturated rings. The molecule has 1 unspecified atom stereocenters. The van der Waals surface area contributed by atoms with Gasteiger partial charge in [0.1, 0.15) is 12.4 Å². The third-order valence-corrected chi connectivity index (χ3v) is 2.10. The lowest BCUT2D eigenvalue weighted by molar-refractivity contribution is 0.271. The standard InChI is InChI=1S/C9H12N2O/c1-7-6-12-9-5-3-2-4-8(9)11(7)10/h2-5,7H,6,10H2,1H3. The number of para-hydroxylation sites is 2. The Balaban J connectivity index is 2.42. The smallest absolute Gasteiger partial charge is 0.144 e. The molecule has 1 aliphatic rings. The van der Waals surface area contributed by atoms with Gasteiger partial charge in [-0.3, -0.25) is 0 Å². The second-order valence-corrected chi connectivity index (χ2v) is 3.04. The fourth-order valence-corrected chi connectivity index (χ4v) is 1.32. The number of anilines is 1. The maximum absolute atomic E-state index is 5.84. The zero-order valence-electron chi connectivity index (χ0n) is 7.03. The summed E-state index contributed by atoms with van der Waals surface area (Å²) in [6.45, 7) is 2.70. The third kappa shape index (κ3) is 1.02. The van der Waals surface area contributed by atoms with Crippen molar-refractivity contribution in [2.75, 3.05) is 11.6 Å². The molecule has 1 aromatic rings. The van der Waals surface area contributed by atoms with E-state index in [2.05, 4.69) is 0 Å². The quantitative estimate of drug-likeness (QED) is 0.584. The van der Waals surface area contributed by atoms with Gasteiger partial charge in [-0.05, 0) is 19.1 Å². The van der Waals surface area contributed by atoms with Crippen LogP contribution in [0.25, 0.3) is 0 Å². The van der Waals surface area contributed by atoms with Gasteiger partial charge in [0.2, 0.25) is 0 Å². The van der Waals surface area contributed by atoms with Crippen LogP contribution in [-0.4, -0.2) is 12.6 Å². The van der Waals surface area contributed by atoms with Crippen molar-refractivity contribution in [2.24, 2.45) is 5.84 Å². The number of fused-ring (bicyclic) bond motifs is 1. The second-order valence-electron chi connectivity index (χ2n) is 3.04. The van der Waals surface area contributed by atoms with Crippen molar-refractivity contribution in [1.29, 1.82) is 0 Å². The Morgan fingerprint density at radius 3 is 3.08 bits per heavy atom. The van der Waals surface area contributed by atoms with E-state index >= 15 is 0 Å². The fraction of sp³-hybridized carbons (Fsp3) is 0.333. The Labute approximate surface area is 71.7 Å². The molecule has 0 radical (unpaired) electrons. The molecule has 0 amide bonds. The lowest BCUT2D eigenvalue weighted by Gasteiger charge is -2.32. The topological polar surface area (TPSA) is 38.5 Å². The van der Waals surface area contributed by atoms with E-state index in [0.29, 0.717) is 6.61 Å². The predicted molar refractivity (Wildman–Crippen MR) is 48.1 cm³/mol. The number of nitrogens with zero attached hydrogens (tertiary/aromatic N) is 1. The monoisotopic (exact) mass is 164 g/mol. The van der Waals surface area contributed by atoms with E-state index in [1.165, 1.54) is 0 Å². The normalized spacial score (nSPS) is 21.5. The molecule has 64 valence electrons. The van der Waals surface area contributed by atoms with Gasteiger partial charge in [-0.2, -0.15) is 0 Å². The number of benzene rings is 1. The third-order valence-electron chi connectivity index (χ3n) is 2.10. The zero-order chi connectivity index (χ0) is 8.55. The van der Waals surface area contributed by atoms with Gasteiger partial charge in [-0.15, -0.1) is 0 Å². The Kier molecular flexibility index (Phi) is 1.66. The lowest BCUT2D eigenvalue weighted by atomic mass is 10.2. The van der Waals surface area contributed by atoms with Crippen molar-refractivity contribution in [3.63, 3.8) is 0 Å². The molecule has 0 spiro atoms. The van der Waals surface area contributed by atoms with E-state index in [1.54, 1.807) is 5.01 Å². The molecule has 0 saturated heterocycles. The SMILES string of the molecule is CC1COc2ccccc2N1N. The number of rotatable bonds is 0. The van der Waals surface area contributed by atoms with Crippen molar-refractivity contribution >= 4 is 5.69 Å². The molecular weight excluding hydrogens is 152 g/mol. The maximum atomic E-state index is 5.84. The minimum absolute atomic E-state index is 0.250. The van der Waals surface area contributed by atoms with Gasteiger partial charge >= 0.3 is 0 Å². The first-order valence-corrected chi connectivity index (χ1v) is 4.05. The molecular formula is C9H12N2O. The van der Waals surface area contributed by atoms with Crippen molar-refractivity contribution in [3.8, 4) is 5.75 Å². The van der Waals surface area contributed by atoms with Crippen molar-refractivity contribution in [2.45, 2.75) is 13.0 Å². The van der Waals surface area contributed by atoms with E-state index in [1.807, 2.05) is 31.2 Å². The van der Waals surface area contributed by atoms with Crippen LogP contribution in [0.4, 0.5) is 5.69 Å². The summed E-state index contributed by atoms with van der Waals surface area (Å²) in [5.74, 6) is 6.72. The summed E-state index contributed by atoms with van der Waals surface area (Å²) in [4.78, 5) is 0. The number of nitrogens with two attached hydrogens (primary N) is 1. The molecule has 1 aliphatic heterocycles. The summed E-state index contributed by atoms with van der Waals surface area (Å²) in [5, 5.41) is 1.75. The van der Waals surface area contributed by atoms with E-state index in [0.717, 1.165) is 11.4 Å². The first kappa shape index (κ1) is 7.43. The molecule has 0 aromatic heterocycles. The Bertz CT molecular complexity index is 288. The maximum Gasteiger partial charge on any atom is 0.144 e. The number of hydrogen-bond donors (Lipinski definition) is 1. The van der Waals surface area contributed by atoms with Gasteiger partial charge < -0.3 is 9.75 Å². The van der Waals surface area contributed by atoms with Gasteiger partial charge in [-0.1, -0.05) is 12.1 Å². The van der Waals surface area contributed by atoms with Crippen LogP contribution in [0.3, 0.4) is 0 Å². The van der Waals surface area contributed by atoms with Crippen LogP contribution in [-0.2, 0) is 0 Å². The van der Waals surface area contributed by atoms with Crippen LogP contribution in [0.5, 0.6) is 5.75 Å². The summed E-state index contributed by atoms with van der Waals surface area (Å²) < 4.78 is 5.48. The summed E-state index contributed by atoms with van der Waals surface area (Å²) in [7, 11) is 0. The van der Waals surface area contributed by atoms with Gasteiger partial charge in [-0.25, -0.2) is 5.84 Å². The zero-order valence-corrected chi connectivity index (χ0v) is 7.03. The summed E-state index contributed by atoms with van der Waals surface area (Å²) in [6.07, 6.45) is 0. The highest BCUT2D eigenvalue weighted by Crippen LogP contribution is 2.30. The largest absolute Gasteiger partial charge is 0.489 e. The van der Waals surface area contributed by atoms with Crippen LogP contribution in [0, 0.1) is 0 Å². The second kappa shape index (κ2) is 2.68. The van der Waals surface area contributed by atoms with Crippen molar-refractivity contribution in [1.82, 2.24) is 0 Å². The highest BCUT2D eigenvalue weighted by Gasteiger charge is 2.20. The summed E-state index contributed by atoms with van der Waals surface area (Å²) >= 11 is 0. The van der Waals surface area contributed by atoms with Gasteiger partial charge in [0.15, 0.2) is 0 Å². The van der Waals surface area contributed by atoms with Gasteiger partial charge in [0, 0.05) is 0 Å². The number of ether oxygens (including phenoxy) is 1. The first-order chi connectivity index (χ1) is 5.79. The van der Waals surface area contributed by atoms with E-state index in [-0.39, 0.29) is 6.04 Å². The molecule has 2 rings (SSSR count). The van der Waals surface area contributed by atoms with Crippen LogP contribution in [0.2, 0.25) is 0 Å². The molecule has 0 bridgehead atoms. The molecule has 1 aromatic carbocycles. The molecule has 1 heterocycles. The molecule has 1 atom stereocenters. The molecule has 3 nitrogen and oxygen atoms in total. The average Bonchev–Trinajstić information content (AvgIpc) is 2.12. The van der Waals surface area contributed by atoms with Gasteiger partial charge in [0.25, 0.3) is 0 Å². The minimum Gasteiger partial charge on any atom is -0.489 e. The number of hydrazine groups is 1. The number of hydrogen-bond acceptors (Lipinski definition) is 3. The predicted octanol–water partition coefficient (Wildman–Crippen LogP) is 1.15. The van der Waals surface area contributed by atoms with Crippen LogP contribution in [0.1, 0.15) is 6.92 Å². The molecule has 0 aliphatic carbocycles. The molecule has 12 heavy (non-hydrogen) atoms. The highest BCUT2D eigenvalue weighted by atomic mass is 16.5. The minimum atomic E-state index is 0.250. The summed E-state index contributed by atoms with van der Waals surface area (Å²) in [6, 6.07) is 8.05. The highest BCUT2D eigenvalue weighted by molar-refractivity contribution is 5.59. The van der Waals surface area contributed by atoms with Crippen LogP contribution >= 0.6 is 0 Å². The van der Waals surface area contributed by atoms with E-state index in [9.17, 15) is 0 Å². The van der Waals surface area contributed by atoms with Crippen molar-refractivity contribution < 1.29 is 4.74 Å².